The van der Waals surface area contributed by atoms with Gasteiger partial charge in [-0.05, 0) is 17.5 Å². The number of anilines is 1. The van der Waals surface area contributed by atoms with Crippen LogP contribution in [0.15, 0.2) is 18.2 Å². The van der Waals surface area contributed by atoms with Crippen LogP contribution in [0.1, 0.15) is 35.7 Å². The van der Waals surface area contributed by atoms with Gasteiger partial charge in [0, 0.05) is 11.3 Å². The predicted molar refractivity (Wildman–Crippen MR) is 50.3 cm³/mol. The van der Waals surface area contributed by atoms with Crippen molar-refractivity contribution in [1.29, 1.82) is 0 Å². The summed E-state index contributed by atoms with van der Waals surface area (Å²) in [4.78, 5) is 10.7. The molecule has 0 unspecified atom stereocenters. The molecule has 0 spiro atoms. The van der Waals surface area contributed by atoms with E-state index < -0.39 is 0 Å². The fourth-order valence-electron chi connectivity index (χ4n) is 1.24. The van der Waals surface area contributed by atoms with E-state index in [9.17, 15) is 4.79 Å². The molecule has 0 amide bonds. The molecule has 0 bridgehead atoms. The molecule has 2 nitrogen and oxygen atoms in total. The first kappa shape index (κ1) is 8.78. The van der Waals surface area contributed by atoms with Gasteiger partial charge in [0.15, 0.2) is 6.29 Å². The van der Waals surface area contributed by atoms with Crippen LogP contribution in [-0.4, -0.2) is 6.29 Å². The third-order valence-electron chi connectivity index (χ3n) is 1.91. The van der Waals surface area contributed by atoms with E-state index in [1.165, 1.54) is 0 Å². The minimum absolute atomic E-state index is 0.341. The van der Waals surface area contributed by atoms with E-state index in [2.05, 4.69) is 0 Å². The summed E-state index contributed by atoms with van der Waals surface area (Å²) in [6.07, 6.45) is 0.824. The van der Waals surface area contributed by atoms with Gasteiger partial charge in [-0.3, -0.25) is 4.79 Å². The maximum atomic E-state index is 10.7. The highest BCUT2D eigenvalue weighted by molar-refractivity contribution is 5.85. The van der Waals surface area contributed by atoms with Crippen LogP contribution < -0.4 is 5.73 Å². The predicted octanol–water partition coefficient (Wildman–Crippen LogP) is 2.20. The summed E-state index contributed by atoms with van der Waals surface area (Å²) in [6.45, 7) is 4.09. The zero-order valence-electron chi connectivity index (χ0n) is 7.37. The quantitative estimate of drug-likeness (QED) is 0.536. The molecule has 0 radical (unpaired) electrons. The van der Waals surface area contributed by atoms with Gasteiger partial charge in [0.2, 0.25) is 0 Å². The molecule has 0 aliphatic carbocycles. The van der Waals surface area contributed by atoms with Gasteiger partial charge < -0.3 is 5.73 Å². The van der Waals surface area contributed by atoms with Crippen molar-refractivity contribution in [2.24, 2.45) is 0 Å². The maximum absolute atomic E-state index is 10.7. The van der Waals surface area contributed by atoms with E-state index in [0.717, 1.165) is 11.8 Å². The average molecular weight is 163 g/mol. The van der Waals surface area contributed by atoms with Crippen LogP contribution in [0.2, 0.25) is 0 Å². The van der Waals surface area contributed by atoms with Crippen molar-refractivity contribution in [3.63, 3.8) is 0 Å². The summed E-state index contributed by atoms with van der Waals surface area (Å²) < 4.78 is 0. The van der Waals surface area contributed by atoms with Gasteiger partial charge in [0.25, 0.3) is 0 Å². The van der Waals surface area contributed by atoms with Crippen molar-refractivity contribution < 1.29 is 4.79 Å². The second-order valence-corrected chi connectivity index (χ2v) is 3.12. The highest BCUT2D eigenvalue weighted by Gasteiger charge is 2.07. The number of carbonyl (C=O) groups excluding carboxylic acids is 1. The number of benzene rings is 1. The Morgan fingerprint density at radius 2 is 2.08 bits per heavy atom. The zero-order chi connectivity index (χ0) is 9.14. The van der Waals surface area contributed by atoms with Crippen LogP contribution in [0.5, 0.6) is 0 Å². The van der Waals surface area contributed by atoms with Crippen LogP contribution in [0.4, 0.5) is 5.69 Å². The van der Waals surface area contributed by atoms with Crippen LogP contribution in [0.3, 0.4) is 0 Å². The Kier molecular flexibility index (Phi) is 2.48. The van der Waals surface area contributed by atoms with Crippen LogP contribution in [0.25, 0.3) is 0 Å². The Hall–Kier alpha value is -1.31. The molecule has 0 fully saturated rings. The number of hydrogen-bond donors (Lipinski definition) is 1. The molecule has 64 valence electrons. The molecule has 0 heterocycles. The third kappa shape index (κ3) is 1.47. The summed E-state index contributed by atoms with van der Waals surface area (Å²) in [5.41, 5.74) is 7.85. The molecule has 0 saturated carbocycles. The maximum Gasteiger partial charge on any atom is 0.152 e. The second kappa shape index (κ2) is 3.39. The summed E-state index contributed by atoms with van der Waals surface area (Å²) >= 11 is 0. The Morgan fingerprint density at radius 3 is 2.50 bits per heavy atom. The number of carbonyl (C=O) groups is 1. The highest BCUT2D eigenvalue weighted by Crippen LogP contribution is 2.22. The minimum Gasteiger partial charge on any atom is -0.398 e. The average Bonchev–Trinajstić information content (AvgIpc) is 2.03. The van der Waals surface area contributed by atoms with Gasteiger partial charge in [-0.25, -0.2) is 0 Å². The lowest BCUT2D eigenvalue weighted by Crippen LogP contribution is -1.99. The van der Waals surface area contributed by atoms with E-state index in [1.807, 2.05) is 26.0 Å². The summed E-state index contributed by atoms with van der Waals surface area (Å²) in [5, 5.41) is 0. The fourth-order valence-corrected chi connectivity index (χ4v) is 1.24. The Bertz CT molecular complexity index is 292. The number of aldehydes is 1. The van der Waals surface area contributed by atoms with Crippen molar-refractivity contribution in [1.82, 2.24) is 0 Å². The van der Waals surface area contributed by atoms with Gasteiger partial charge in [-0.2, -0.15) is 0 Å². The normalized spacial score (nSPS) is 10.2. The topological polar surface area (TPSA) is 43.1 Å². The first-order valence-electron chi connectivity index (χ1n) is 4.00. The summed E-state index contributed by atoms with van der Waals surface area (Å²) in [5.74, 6) is 0.341. The molecule has 1 aromatic carbocycles. The van der Waals surface area contributed by atoms with Crippen LogP contribution in [0, 0.1) is 0 Å². The first-order chi connectivity index (χ1) is 5.66. The third-order valence-corrected chi connectivity index (χ3v) is 1.91. The fraction of sp³-hybridized carbons (Fsp3) is 0.300. The molecule has 1 rings (SSSR count). The molecule has 0 atom stereocenters. The van der Waals surface area contributed by atoms with Crippen molar-refractivity contribution in [2.45, 2.75) is 19.8 Å². The molecule has 0 aliphatic heterocycles. The molecule has 12 heavy (non-hydrogen) atoms. The van der Waals surface area contributed by atoms with Gasteiger partial charge >= 0.3 is 0 Å². The lowest BCUT2D eigenvalue weighted by molar-refractivity contribution is 0.112. The van der Waals surface area contributed by atoms with E-state index in [0.29, 0.717) is 17.2 Å². The monoisotopic (exact) mass is 163 g/mol. The van der Waals surface area contributed by atoms with E-state index in [-0.39, 0.29) is 0 Å². The zero-order valence-corrected chi connectivity index (χ0v) is 7.37. The van der Waals surface area contributed by atoms with Gasteiger partial charge in [0.1, 0.15) is 0 Å². The molecular formula is C10H13NO. The first-order valence-corrected chi connectivity index (χ1v) is 4.00. The van der Waals surface area contributed by atoms with Crippen molar-refractivity contribution in [3.8, 4) is 0 Å². The largest absolute Gasteiger partial charge is 0.398 e. The number of nitrogens with two attached hydrogens (primary N) is 1. The minimum atomic E-state index is 0.341. The Balaban J connectivity index is 3.27. The van der Waals surface area contributed by atoms with Crippen molar-refractivity contribution >= 4 is 12.0 Å². The van der Waals surface area contributed by atoms with E-state index >= 15 is 0 Å². The summed E-state index contributed by atoms with van der Waals surface area (Å²) in [6, 6.07) is 5.55. The van der Waals surface area contributed by atoms with Crippen molar-refractivity contribution in [3.05, 3.63) is 29.3 Å². The second-order valence-electron chi connectivity index (χ2n) is 3.12. The molecule has 0 saturated heterocycles. The van der Waals surface area contributed by atoms with Gasteiger partial charge in [-0.1, -0.05) is 26.0 Å². The molecule has 2 N–H and O–H groups in total. The Labute approximate surface area is 72.4 Å². The lowest BCUT2D eigenvalue weighted by atomic mass is 9.97. The number of rotatable bonds is 2. The summed E-state index contributed by atoms with van der Waals surface area (Å²) in [7, 11) is 0. The number of nitrogen functional groups attached to an aromatic ring is 1. The highest BCUT2D eigenvalue weighted by atomic mass is 16.1. The smallest absolute Gasteiger partial charge is 0.152 e. The standard InChI is InChI=1S/C10H13NO/c1-7(2)8-4-3-5-10(11)9(8)6-12/h3-7H,11H2,1-2H3. The van der Waals surface area contributed by atoms with Crippen LogP contribution in [-0.2, 0) is 0 Å². The molecule has 0 aliphatic rings. The molecule has 0 aromatic heterocycles. The number of hydrogen-bond acceptors (Lipinski definition) is 2. The van der Waals surface area contributed by atoms with Gasteiger partial charge in [-0.15, -0.1) is 0 Å². The molecular weight excluding hydrogens is 150 g/mol. The van der Waals surface area contributed by atoms with E-state index in [4.69, 9.17) is 5.73 Å². The Morgan fingerprint density at radius 1 is 1.42 bits per heavy atom. The molecule has 2 heteroatoms. The SMILES string of the molecule is CC(C)c1cccc(N)c1C=O. The lowest BCUT2D eigenvalue weighted by Gasteiger charge is -2.09. The van der Waals surface area contributed by atoms with Crippen LogP contribution >= 0.6 is 0 Å². The van der Waals surface area contributed by atoms with Gasteiger partial charge in [0.05, 0.1) is 0 Å². The molecule has 1 aromatic rings. The van der Waals surface area contributed by atoms with E-state index in [1.54, 1.807) is 6.07 Å². The van der Waals surface area contributed by atoms with Crippen molar-refractivity contribution in [2.75, 3.05) is 5.73 Å².